The lowest BCUT2D eigenvalue weighted by Gasteiger charge is -2.35. The van der Waals surface area contributed by atoms with Gasteiger partial charge in [-0.3, -0.25) is 19.1 Å². The van der Waals surface area contributed by atoms with Gasteiger partial charge >= 0.3 is 6.09 Å². The largest absolute Gasteiger partial charge is 0.443 e. The molecule has 0 unspecified atom stereocenters. The lowest BCUT2D eigenvalue weighted by atomic mass is 9.89. The van der Waals surface area contributed by atoms with Crippen molar-refractivity contribution in [2.24, 2.45) is 0 Å². The molecule has 4 aromatic heterocycles. The molecule has 14 nitrogen and oxygen atoms in total. The van der Waals surface area contributed by atoms with Crippen molar-refractivity contribution in [3.05, 3.63) is 59.0 Å². The minimum atomic E-state index is -0.765. The van der Waals surface area contributed by atoms with Crippen LogP contribution in [0.3, 0.4) is 0 Å². The highest BCUT2D eigenvalue weighted by Gasteiger charge is 2.34. The Balaban J connectivity index is 1.56. The van der Waals surface area contributed by atoms with E-state index in [0.717, 1.165) is 12.8 Å². The molecule has 4 heterocycles. The summed E-state index contributed by atoms with van der Waals surface area (Å²) in [5.41, 5.74) is -0.799. The summed E-state index contributed by atoms with van der Waals surface area (Å²) in [5.74, 6) is -0.237. The SMILES string of the molecule is CO[C@@H]1CC[C@H]1NC(=O)c1onc2c(N(C)C(=O)OC(C)(C)C)cc(Nc3nccn(-c4ccccn4)c3=O)nc12. The first-order valence-corrected chi connectivity index (χ1v) is 12.9. The zero-order valence-corrected chi connectivity index (χ0v) is 23.2. The van der Waals surface area contributed by atoms with Crippen molar-refractivity contribution in [1.82, 2.24) is 30.0 Å². The molecule has 2 N–H and O–H groups in total. The van der Waals surface area contributed by atoms with Crippen molar-refractivity contribution in [2.75, 3.05) is 24.4 Å². The zero-order valence-electron chi connectivity index (χ0n) is 23.2. The maximum Gasteiger partial charge on any atom is 0.414 e. The minimum absolute atomic E-state index is 0.0595. The molecule has 0 aliphatic heterocycles. The molecule has 0 bridgehead atoms. The van der Waals surface area contributed by atoms with Crippen molar-refractivity contribution in [3.63, 3.8) is 0 Å². The van der Waals surface area contributed by atoms with Crippen LogP contribution in [0.2, 0.25) is 0 Å². The van der Waals surface area contributed by atoms with Crippen LogP contribution >= 0.6 is 0 Å². The molecule has 1 fully saturated rings. The van der Waals surface area contributed by atoms with Gasteiger partial charge < -0.3 is 24.6 Å². The molecule has 2 atom stereocenters. The summed E-state index contributed by atoms with van der Waals surface area (Å²) in [4.78, 5) is 53.5. The third-order valence-corrected chi connectivity index (χ3v) is 6.46. The highest BCUT2D eigenvalue weighted by Crippen LogP contribution is 2.32. The first-order chi connectivity index (χ1) is 19.6. The molecular formula is C27H30N8O6. The van der Waals surface area contributed by atoms with E-state index in [0.29, 0.717) is 5.82 Å². The van der Waals surface area contributed by atoms with E-state index in [9.17, 15) is 14.4 Å². The summed E-state index contributed by atoms with van der Waals surface area (Å²) >= 11 is 0. The average molecular weight is 563 g/mol. The summed E-state index contributed by atoms with van der Waals surface area (Å²) in [6.45, 7) is 5.23. The fourth-order valence-corrected chi connectivity index (χ4v) is 4.25. The number of methoxy groups -OCH3 is 1. The Morgan fingerprint density at radius 3 is 2.61 bits per heavy atom. The van der Waals surface area contributed by atoms with Gasteiger partial charge in [-0.05, 0) is 45.7 Å². The molecule has 2 amide bonds. The number of carbonyl (C=O) groups excluding carboxylic acids is 2. The molecule has 0 saturated heterocycles. The molecule has 14 heteroatoms. The number of nitrogens with one attached hydrogen (secondary N) is 2. The minimum Gasteiger partial charge on any atom is -0.443 e. The van der Waals surface area contributed by atoms with Crippen LogP contribution in [-0.4, -0.2) is 68.6 Å². The van der Waals surface area contributed by atoms with E-state index in [2.05, 4.69) is 30.7 Å². The quantitative estimate of drug-likeness (QED) is 0.339. The van der Waals surface area contributed by atoms with Crippen molar-refractivity contribution < 1.29 is 23.6 Å². The number of nitrogens with zero attached hydrogens (tertiary/aromatic N) is 6. The number of carbonyl (C=O) groups is 2. The number of pyridine rings is 2. The predicted octanol–water partition coefficient (Wildman–Crippen LogP) is 3.19. The van der Waals surface area contributed by atoms with Gasteiger partial charge in [0.25, 0.3) is 11.5 Å². The molecule has 4 aromatic rings. The maximum absolute atomic E-state index is 13.2. The van der Waals surface area contributed by atoms with E-state index in [1.165, 1.54) is 35.0 Å². The van der Waals surface area contributed by atoms with Crippen LogP contribution in [0.4, 0.5) is 22.1 Å². The zero-order chi connectivity index (χ0) is 29.3. The first kappa shape index (κ1) is 27.7. The van der Waals surface area contributed by atoms with E-state index in [4.69, 9.17) is 14.0 Å². The summed E-state index contributed by atoms with van der Waals surface area (Å²) < 4.78 is 17.6. The monoisotopic (exact) mass is 562 g/mol. The number of rotatable bonds is 7. The van der Waals surface area contributed by atoms with Crippen LogP contribution in [0, 0.1) is 0 Å². The number of hydrogen-bond donors (Lipinski definition) is 2. The Morgan fingerprint density at radius 2 is 1.95 bits per heavy atom. The van der Waals surface area contributed by atoms with Crippen LogP contribution in [-0.2, 0) is 9.47 Å². The third-order valence-electron chi connectivity index (χ3n) is 6.46. The van der Waals surface area contributed by atoms with Gasteiger partial charge in [0.1, 0.15) is 22.8 Å². The second-order valence-electron chi connectivity index (χ2n) is 10.5. The summed E-state index contributed by atoms with van der Waals surface area (Å²) in [5, 5.41) is 9.84. The van der Waals surface area contributed by atoms with Gasteiger partial charge in [0.15, 0.2) is 11.3 Å². The molecule has 41 heavy (non-hydrogen) atoms. The van der Waals surface area contributed by atoms with Crippen molar-refractivity contribution >= 4 is 40.4 Å². The topological polar surface area (TPSA) is 167 Å². The molecule has 1 aliphatic carbocycles. The number of anilines is 3. The third kappa shape index (κ3) is 5.72. The predicted molar refractivity (Wildman–Crippen MR) is 149 cm³/mol. The Morgan fingerprint density at radius 1 is 1.15 bits per heavy atom. The average Bonchev–Trinajstić information content (AvgIpc) is 3.35. The van der Waals surface area contributed by atoms with Crippen molar-refractivity contribution in [2.45, 2.75) is 51.4 Å². The van der Waals surface area contributed by atoms with Gasteiger partial charge in [-0.25, -0.2) is 19.7 Å². The molecule has 1 aliphatic rings. The Bertz CT molecular complexity index is 1640. The van der Waals surface area contributed by atoms with Crippen LogP contribution < -0.4 is 21.1 Å². The Kier molecular flexibility index (Phi) is 7.41. The van der Waals surface area contributed by atoms with Gasteiger partial charge in [0, 0.05) is 38.8 Å². The highest BCUT2D eigenvalue weighted by molar-refractivity contribution is 6.07. The number of amides is 2. The molecule has 5 rings (SSSR count). The lowest BCUT2D eigenvalue weighted by molar-refractivity contribution is 0.00677. The van der Waals surface area contributed by atoms with Crippen molar-refractivity contribution in [1.29, 1.82) is 0 Å². The summed E-state index contributed by atoms with van der Waals surface area (Å²) in [6, 6.07) is 6.48. The maximum atomic E-state index is 13.2. The highest BCUT2D eigenvalue weighted by atomic mass is 16.6. The fraction of sp³-hybridized carbons (Fsp3) is 0.370. The molecule has 1 saturated carbocycles. The number of fused-ring (bicyclic) bond motifs is 1. The van der Waals surface area contributed by atoms with Crippen molar-refractivity contribution in [3.8, 4) is 5.82 Å². The van der Waals surface area contributed by atoms with Crippen LogP contribution in [0.25, 0.3) is 16.9 Å². The standard InChI is InChI=1S/C27H30N8O6/c1-27(2,3)40-26(38)34(4)16-14-18(32-23-25(37)35(13-12-29-23)19-8-6-7-11-28-19)31-21-20(16)33-41-22(21)24(36)30-15-9-10-17(15)39-5/h6-8,11-15,17H,9-10H2,1-5H3,(H,30,36)(H,29,31,32)/t15-,17-/m1/s1. The van der Waals surface area contributed by atoms with Crippen LogP contribution in [0.5, 0.6) is 0 Å². The molecule has 0 aromatic carbocycles. The van der Waals surface area contributed by atoms with Gasteiger partial charge in [0.2, 0.25) is 5.76 Å². The summed E-state index contributed by atoms with van der Waals surface area (Å²) in [6.07, 6.45) is 5.32. The first-order valence-electron chi connectivity index (χ1n) is 12.9. The van der Waals surface area contributed by atoms with Crippen LogP contribution in [0.15, 0.2) is 52.2 Å². The Hall–Kier alpha value is -4.85. The van der Waals surface area contributed by atoms with E-state index in [-0.39, 0.29) is 46.3 Å². The van der Waals surface area contributed by atoms with Gasteiger partial charge in [-0.1, -0.05) is 11.2 Å². The van der Waals surface area contributed by atoms with E-state index in [1.54, 1.807) is 52.3 Å². The molecular weight excluding hydrogens is 532 g/mol. The van der Waals surface area contributed by atoms with Gasteiger partial charge in [-0.15, -0.1) is 0 Å². The normalized spacial score (nSPS) is 16.6. The van der Waals surface area contributed by atoms with E-state index < -0.39 is 23.2 Å². The fourth-order valence-electron chi connectivity index (χ4n) is 4.25. The van der Waals surface area contributed by atoms with Gasteiger partial charge in [-0.2, -0.15) is 0 Å². The Labute approximate surface area is 234 Å². The second kappa shape index (κ2) is 11.0. The van der Waals surface area contributed by atoms with E-state index >= 15 is 0 Å². The number of ether oxygens (including phenoxy) is 2. The lowest BCUT2D eigenvalue weighted by Crippen LogP contribution is -2.51. The van der Waals surface area contributed by atoms with E-state index in [1.807, 2.05) is 0 Å². The smallest absolute Gasteiger partial charge is 0.414 e. The molecule has 0 spiro atoms. The van der Waals surface area contributed by atoms with Gasteiger partial charge in [0.05, 0.1) is 17.8 Å². The molecule has 0 radical (unpaired) electrons. The summed E-state index contributed by atoms with van der Waals surface area (Å²) in [7, 11) is 3.08. The second-order valence-corrected chi connectivity index (χ2v) is 10.5. The van der Waals surface area contributed by atoms with Crippen LogP contribution in [0.1, 0.15) is 44.2 Å². The molecule has 214 valence electrons. The number of aromatic nitrogens is 5. The number of hydrogen-bond acceptors (Lipinski definition) is 11.